The maximum absolute atomic E-state index is 11.3. The van der Waals surface area contributed by atoms with E-state index in [0.717, 1.165) is 0 Å². The van der Waals surface area contributed by atoms with Gasteiger partial charge in [0.1, 0.15) is 5.82 Å². The Morgan fingerprint density at radius 2 is 2.14 bits per heavy atom. The van der Waals surface area contributed by atoms with Crippen LogP contribution in [0, 0.1) is 6.92 Å². The molecular weight excluding hydrogens is 180 g/mol. The molecule has 0 aromatic carbocycles. The van der Waals surface area contributed by atoms with Crippen molar-refractivity contribution in [3.05, 3.63) is 18.2 Å². The number of hydrogen-bond acceptors (Lipinski definition) is 4. The summed E-state index contributed by atoms with van der Waals surface area (Å²) in [5, 5.41) is 2.66. The number of aromatic nitrogens is 2. The Labute approximate surface area is 82.7 Å². The maximum Gasteiger partial charge on any atom is 0.226 e. The van der Waals surface area contributed by atoms with E-state index in [4.69, 9.17) is 5.73 Å². The number of nitrogens with one attached hydrogen (secondary N) is 1. The van der Waals surface area contributed by atoms with Gasteiger partial charge in [-0.1, -0.05) is 0 Å². The summed E-state index contributed by atoms with van der Waals surface area (Å²) < 4.78 is 0. The van der Waals surface area contributed by atoms with E-state index in [9.17, 15) is 4.79 Å². The number of rotatable bonds is 3. The molecule has 0 radical (unpaired) electrons. The number of nitrogens with two attached hydrogens (primary N) is 1. The average Bonchev–Trinajstić information content (AvgIpc) is 2.07. The summed E-state index contributed by atoms with van der Waals surface area (Å²) >= 11 is 0. The first-order valence-electron chi connectivity index (χ1n) is 4.42. The van der Waals surface area contributed by atoms with Crippen LogP contribution < -0.4 is 11.1 Å². The molecule has 5 nitrogen and oxygen atoms in total. The predicted octanol–water partition coefficient (Wildman–Crippen LogP) is 0.461. The second kappa shape index (κ2) is 4.66. The van der Waals surface area contributed by atoms with Gasteiger partial charge in [0.25, 0.3) is 0 Å². The van der Waals surface area contributed by atoms with Crippen LogP contribution >= 0.6 is 0 Å². The SMILES string of the molecule is Cc1ncc(NC(=O)CC(C)N)cn1. The fourth-order valence-electron chi connectivity index (χ4n) is 0.962. The zero-order valence-corrected chi connectivity index (χ0v) is 8.32. The molecule has 0 fully saturated rings. The number of hydrogen-bond donors (Lipinski definition) is 2. The van der Waals surface area contributed by atoms with Gasteiger partial charge >= 0.3 is 0 Å². The second-order valence-electron chi connectivity index (χ2n) is 3.25. The molecule has 0 saturated heterocycles. The minimum atomic E-state index is -0.138. The maximum atomic E-state index is 11.3. The molecule has 0 saturated carbocycles. The van der Waals surface area contributed by atoms with Gasteiger partial charge in [-0.25, -0.2) is 9.97 Å². The highest BCUT2D eigenvalue weighted by molar-refractivity contribution is 5.90. The third-order valence-corrected chi connectivity index (χ3v) is 1.57. The molecule has 0 bridgehead atoms. The lowest BCUT2D eigenvalue weighted by molar-refractivity contribution is -0.116. The molecule has 1 heterocycles. The lowest BCUT2D eigenvalue weighted by Crippen LogP contribution is -2.24. The molecule has 0 aliphatic carbocycles. The molecule has 1 aromatic rings. The standard InChI is InChI=1S/C9H14N4O/c1-6(10)3-9(14)13-8-4-11-7(2)12-5-8/h4-6H,3,10H2,1-2H3,(H,13,14). The van der Waals surface area contributed by atoms with Gasteiger partial charge in [-0.15, -0.1) is 0 Å². The Hall–Kier alpha value is -1.49. The summed E-state index contributed by atoms with van der Waals surface area (Å²) in [4.78, 5) is 19.2. The van der Waals surface area contributed by atoms with Crippen LogP contribution in [0.15, 0.2) is 12.4 Å². The minimum Gasteiger partial charge on any atom is -0.327 e. The number of carbonyl (C=O) groups excluding carboxylic acids is 1. The zero-order valence-electron chi connectivity index (χ0n) is 8.32. The van der Waals surface area contributed by atoms with Crippen molar-refractivity contribution in [3.63, 3.8) is 0 Å². The molecule has 14 heavy (non-hydrogen) atoms. The molecule has 5 heteroatoms. The Bertz CT molecular complexity index is 307. The summed E-state index contributed by atoms with van der Waals surface area (Å²) in [7, 11) is 0. The van der Waals surface area contributed by atoms with Crippen LogP contribution in [0.25, 0.3) is 0 Å². The molecule has 1 aromatic heterocycles. The van der Waals surface area contributed by atoms with Gasteiger partial charge in [0.05, 0.1) is 18.1 Å². The Morgan fingerprint density at radius 1 is 1.57 bits per heavy atom. The van der Waals surface area contributed by atoms with E-state index in [0.29, 0.717) is 17.9 Å². The van der Waals surface area contributed by atoms with Crippen molar-refractivity contribution >= 4 is 11.6 Å². The molecule has 1 rings (SSSR count). The highest BCUT2D eigenvalue weighted by Gasteiger charge is 2.05. The van der Waals surface area contributed by atoms with Gasteiger partial charge < -0.3 is 11.1 Å². The van der Waals surface area contributed by atoms with Crippen molar-refractivity contribution < 1.29 is 4.79 Å². The lowest BCUT2D eigenvalue weighted by atomic mass is 10.2. The highest BCUT2D eigenvalue weighted by atomic mass is 16.1. The van der Waals surface area contributed by atoms with E-state index in [1.807, 2.05) is 0 Å². The van der Waals surface area contributed by atoms with Crippen molar-refractivity contribution in [1.82, 2.24) is 9.97 Å². The Balaban J connectivity index is 2.52. The molecule has 76 valence electrons. The molecule has 1 amide bonds. The van der Waals surface area contributed by atoms with Crippen molar-refractivity contribution in [1.29, 1.82) is 0 Å². The third-order valence-electron chi connectivity index (χ3n) is 1.57. The Kier molecular flexibility index (Phi) is 3.53. The van der Waals surface area contributed by atoms with Crippen molar-refractivity contribution in [2.24, 2.45) is 5.73 Å². The largest absolute Gasteiger partial charge is 0.327 e. The van der Waals surface area contributed by atoms with Crippen molar-refractivity contribution in [2.45, 2.75) is 26.3 Å². The second-order valence-corrected chi connectivity index (χ2v) is 3.25. The van der Waals surface area contributed by atoms with E-state index in [-0.39, 0.29) is 11.9 Å². The molecule has 0 spiro atoms. The summed E-state index contributed by atoms with van der Waals surface area (Å²) in [6.45, 7) is 3.57. The summed E-state index contributed by atoms with van der Waals surface area (Å²) in [6.07, 6.45) is 3.44. The average molecular weight is 194 g/mol. The first-order chi connectivity index (χ1) is 6.58. The topological polar surface area (TPSA) is 80.9 Å². The van der Waals surface area contributed by atoms with Crippen LogP contribution in [0.4, 0.5) is 5.69 Å². The fourth-order valence-corrected chi connectivity index (χ4v) is 0.962. The van der Waals surface area contributed by atoms with Gasteiger partial charge in [-0.3, -0.25) is 4.79 Å². The third kappa shape index (κ3) is 3.49. The van der Waals surface area contributed by atoms with Crippen LogP contribution in [-0.2, 0) is 4.79 Å². The number of carbonyl (C=O) groups is 1. The molecule has 3 N–H and O–H groups in total. The van der Waals surface area contributed by atoms with Gasteiger partial charge in [-0.05, 0) is 13.8 Å². The normalized spacial score (nSPS) is 12.2. The molecule has 1 atom stereocenters. The van der Waals surface area contributed by atoms with Gasteiger partial charge in [0.15, 0.2) is 0 Å². The fraction of sp³-hybridized carbons (Fsp3) is 0.444. The van der Waals surface area contributed by atoms with Crippen molar-refractivity contribution in [3.8, 4) is 0 Å². The van der Waals surface area contributed by atoms with Gasteiger partial charge in [0, 0.05) is 12.5 Å². The van der Waals surface area contributed by atoms with Crippen LogP contribution in [0.3, 0.4) is 0 Å². The van der Waals surface area contributed by atoms with Crippen LogP contribution in [0.1, 0.15) is 19.2 Å². The monoisotopic (exact) mass is 194 g/mol. The van der Waals surface area contributed by atoms with Crippen LogP contribution in [0.5, 0.6) is 0 Å². The molecule has 0 aliphatic heterocycles. The predicted molar refractivity (Wildman–Crippen MR) is 53.7 cm³/mol. The number of aryl methyl sites for hydroxylation is 1. The Morgan fingerprint density at radius 3 is 2.64 bits per heavy atom. The van der Waals surface area contributed by atoms with E-state index in [1.165, 1.54) is 0 Å². The minimum absolute atomic E-state index is 0.118. The van der Waals surface area contributed by atoms with Gasteiger partial charge in [0.2, 0.25) is 5.91 Å². The van der Waals surface area contributed by atoms with Crippen LogP contribution in [0.2, 0.25) is 0 Å². The van der Waals surface area contributed by atoms with E-state index >= 15 is 0 Å². The number of anilines is 1. The summed E-state index contributed by atoms with van der Waals surface area (Å²) in [6, 6.07) is -0.138. The summed E-state index contributed by atoms with van der Waals surface area (Å²) in [5.41, 5.74) is 6.08. The van der Waals surface area contributed by atoms with E-state index in [2.05, 4.69) is 15.3 Å². The van der Waals surface area contributed by atoms with Gasteiger partial charge in [-0.2, -0.15) is 0 Å². The van der Waals surface area contributed by atoms with E-state index < -0.39 is 0 Å². The number of nitrogens with zero attached hydrogens (tertiary/aromatic N) is 2. The molecule has 0 aliphatic rings. The summed E-state index contributed by atoms with van der Waals surface area (Å²) in [5.74, 6) is 0.558. The highest BCUT2D eigenvalue weighted by Crippen LogP contribution is 2.03. The first kappa shape index (κ1) is 10.6. The quantitative estimate of drug-likeness (QED) is 0.732. The first-order valence-corrected chi connectivity index (χ1v) is 4.42. The van der Waals surface area contributed by atoms with E-state index in [1.54, 1.807) is 26.2 Å². The lowest BCUT2D eigenvalue weighted by Gasteiger charge is -2.06. The van der Waals surface area contributed by atoms with Crippen LogP contribution in [-0.4, -0.2) is 21.9 Å². The number of amides is 1. The molecule has 1 unspecified atom stereocenters. The smallest absolute Gasteiger partial charge is 0.226 e. The van der Waals surface area contributed by atoms with Crippen molar-refractivity contribution in [2.75, 3.05) is 5.32 Å². The molecular formula is C9H14N4O. The zero-order chi connectivity index (χ0) is 10.6.